The monoisotopic (exact) mass is 484 g/mol. The van der Waals surface area contributed by atoms with Crippen molar-refractivity contribution >= 4 is 22.1 Å². The van der Waals surface area contributed by atoms with Gasteiger partial charge in [0.15, 0.2) is 0 Å². The zero-order valence-corrected chi connectivity index (χ0v) is 21.1. The van der Waals surface area contributed by atoms with Crippen molar-refractivity contribution in [3.8, 4) is 6.07 Å². The molecule has 1 aromatic heterocycles. The van der Waals surface area contributed by atoms with Gasteiger partial charge in [-0.3, -0.25) is 0 Å². The first-order valence-electron chi connectivity index (χ1n) is 11.0. The molecule has 0 atom stereocenters. The fourth-order valence-corrected chi connectivity index (χ4v) is 20.5. The second kappa shape index (κ2) is 13.6. The Bertz CT molecular complexity index is 537. The predicted octanol–water partition coefficient (Wildman–Crippen LogP) is 5.94. The van der Waals surface area contributed by atoms with E-state index in [4.69, 9.17) is 9.47 Å². The van der Waals surface area contributed by atoms with Crippen LogP contribution in [0.5, 0.6) is 0 Å². The van der Waals surface area contributed by atoms with Gasteiger partial charge in [-0.05, 0) is 0 Å². The van der Waals surface area contributed by atoms with Crippen molar-refractivity contribution in [1.29, 1.82) is 5.26 Å². The van der Waals surface area contributed by atoms with Crippen molar-refractivity contribution in [1.82, 2.24) is 4.57 Å². The molecule has 0 spiro atoms. The standard InChI is InChI=1S/C10H13N2O2.3C4H9.Sn/c1-3-13-10(14-4-2)12-7-5-6-9(12)8-11;3*1-3-4-2;/h5-6,10H,3-4H2,1-2H3;3*1,3-4H2,2H3;. The third kappa shape index (κ3) is 6.80. The summed E-state index contributed by atoms with van der Waals surface area (Å²) in [7, 11) is 0. The van der Waals surface area contributed by atoms with Crippen molar-refractivity contribution < 1.29 is 9.47 Å². The molecular formula is C22H40N2O2Sn. The Hall–Kier alpha value is -0.511. The van der Waals surface area contributed by atoms with E-state index in [1.54, 1.807) is 0 Å². The molecule has 1 heterocycles. The van der Waals surface area contributed by atoms with Gasteiger partial charge in [0.1, 0.15) is 0 Å². The van der Waals surface area contributed by atoms with Gasteiger partial charge in [0, 0.05) is 0 Å². The quantitative estimate of drug-likeness (QED) is 0.229. The molecule has 0 fully saturated rings. The molecule has 0 aliphatic heterocycles. The Labute approximate surface area is 171 Å². The minimum atomic E-state index is -2.68. The van der Waals surface area contributed by atoms with Crippen LogP contribution in [-0.4, -0.2) is 36.2 Å². The van der Waals surface area contributed by atoms with Crippen molar-refractivity contribution in [2.24, 2.45) is 0 Å². The van der Waals surface area contributed by atoms with Gasteiger partial charge in [0.25, 0.3) is 0 Å². The molecule has 0 saturated heterocycles. The molecule has 154 valence electrons. The van der Waals surface area contributed by atoms with E-state index in [9.17, 15) is 5.26 Å². The van der Waals surface area contributed by atoms with E-state index < -0.39 is 24.8 Å². The first kappa shape index (κ1) is 24.5. The maximum absolute atomic E-state index is 9.75. The Kier molecular flexibility index (Phi) is 12.4. The third-order valence-corrected chi connectivity index (χ3v) is 20.9. The molecule has 0 aliphatic rings. The van der Waals surface area contributed by atoms with Crippen molar-refractivity contribution in [2.45, 2.75) is 92.9 Å². The summed E-state index contributed by atoms with van der Waals surface area (Å²) in [6.45, 7) is 12.0. The summed E-state index contributed by atoms with van der Waals surface area (Å²) < 4.78 is 19.5. The topological polar surface area (TPSA) is 47.2 Å². The Morgan fingerprint density at radius 3 is 1.74 bits per heavy atom. The van der Waals surface area contributed by atoms with Gasteiger partial charge in [-0.25, -0.2) is 0 Å². The van der Waals surface area contributed by atoms with Crippen LogP contribution in [0.2, 0.25) is 13.3 Å². The molecule has 0 aromatic carbocycles. The van der Waals surface area contributed by atoms with Crippen molar-refractivity contribution in [3.63, 3.8) is 0 Å². The van der Waals surface area contributed by atoms with Crippen LogP contribution in [0.1, 0.15) is 85.3 Å². The molecule has 4 nitrogen and oxygen atoms in total. The van der Waals surface area contributed by atoms with E-state index in [1.165, 1.54) is 55.5 Å². The van der Waals surface area contributed by atoms with Crippen LogP contribution < -0.4 is 3.71 Å². The summed E-state index contributed by atoms with van der Waals surface area (Å²) in [6, 6.07) is 6.64. The van der Waals surface area contributed by atoms with Crippen LogP contribution in [0.15, 0.2) is 12.1 Å². The van der Waals surface area contributed by atoms with Crippen LogP contribution in [0.3, 0.4) is 0 Å². The normalized spacial score (nSPS) is 11.9. The average molecular weight is 483 g/mol. The van der Waals surface area contributed by atoms with Crippen LogP contribution in [0, 0.1) is 11.3 Å². The number of aromatic nitrogens is 1. The van der Waals surface area contributed by atoms with Crippen LogP contribution in [-0.2, 0) is 9.47 Å². The number of hydrogen-bond acceptors (Lipinski definition) is 3. The van der Waals surface area contributed by atoms with Crippen molar-refractivity contribution in [2.75, 3.05) is 13.2 Å². The molecule has 0 amide bonds. The zero-order valence-electron chi connectivity index (χ0n) is 18.2. The number of nitrogens with zero attached hydrogens (tertiary/aromatic N) is 2. The van der Waals surface area contributed by atoms with Gasteiger partial charge < -0.3 is 0 Å². The average Bonchev–Trinajstić information content (AvgIpc) is 3.12. The molecule has 0 bridgehead atoms. The first-order chi connectivity index (χ1) is 13.1. The van der Waals surface area contributed by atoms with E-state index >= 15 is 0 Å². The second-order valence-electron chi connectivity index (χ2n) is 7.39. The molecular weight excluding hydrogens is 443 g/mol. The Balaban J connectivity index is 3.49. The molecule has 0 aliphatic carbocycles. The molecule has 0 radical (unpaired) electrons. The van der Waals surface area contributed by atoms with Crippen LogP contribution in [0.25, 0.3) is 0 Å². The van der Waals surface area contributed by atoms with E-state index in [0.29, 0.717) is 18.9 Å². The van der Waals surface area contributed by atoms with Gasteiger partial charge in [-0.15, -0.1) is 0 Å². The molecule has 0 unspecified atom stereocenters. The SMILES string of the molecule is CCC[CH2][Sn]([CH2]CCC)([CH2]CCC)[c]1ccc(C#N)n1C(OCC)OCC. The molecule has 27 heavy (non-hydrogen) atoms. The first-order valence-corrected chi connectivity index (χ1v) is 18.5. The molecule has 1 rings (SSSR count). The van der Waals surface area contributed by atoms with Crippen LogP contribution >= 0.6 is 0 Å². The predicted molar refractivity (Wildman–Crippen MR) is 116 cm³/mol. The van der Waals surface area contributed by atoms with E-state index in [1.807, 2.05) is 19.9 Å². The number of unbranched alkanes of at least 4 members (excludes halogenated alkanes) is 3. The number of rotatable bonds is 15. The van der Waals surface area contributed by atoms with Crippen LogP contribution in [0.4, 0.5) is 0 Å². The summed E-state index contributed by atoms with van der Waals surface area (Å²) in [5, 5.41) is 9.75. The molecule has 0 N–H and O–H groups in total. The van der Waals surface area contributed by atoms with E-state index in [2.05, 4.69) is 37.5 Å². The van der Waals surface area contributed by atoms with Crippen molar-refractivity contribution in [3.05, 3.63) is 17.8 Å². The maximum atomic E-state index is 9.75. The molecule has 1 aromatic rings. The fraction of sp³-hybridized carbons (Fsp3) is 0.773. The molecule has 0 saturated carbocycles. The second-order valence-corrected chi connectivity index (χ2v) is 20.4. The number of ether oxygens (including phenoxy) is 2. The molecule has 5 heteroatoms. The van der Waals surface area contributed by atoms with E-state index in [0.717, 1.165) is 0 Å². The van der Waals surface area contributed by atoms with Gasteiger partial charge in [-0.1, -0.05) is 0 Å². The summed E-state index contributed by atoms with van der Waals surface area (Å²) in [6.07, 6.45) is 7.13. The Morgan fingerprint density at radius 2 is 1.37 bits per heavy atom. The minimum absolute atomic E-state index is 0.472. The van der Waals surface area contributed by atoms with Gasteiger partial charge >= 0.3 is 171 Å². The van der Waals surface area contributed by atoms with Gasteiger partial charge in [-0.2, -0.15) is 0 Å². The van der Waals surface area contributed by atoms with Gasteiger partial charge in [0.05, 0.1) is 0 Å². The summed E-state index contributed by atoms with van der Waals surface area (Å²) >= 11 is -2.68. The van der Waals surface area contributed by atoms with Gasteiger partial charge in [0.2, 0.25) is 0 Å². The zero-order chi connectivity index (χ0) is 20.1. The Morgan fingerprint density at radius 1 is 0.889 bits per heavy atom. The summed E-state index contributed by atoms with van der Waals surface area (Å²) in [4.78, 5) is 0. The number of nitriles is 1. The third-order valence-electron chi connectivity index (χ3n) is 5.43. The van der Waals surface area contributed by atoms with E-state index in [-0.39, 0.29) is 0 Å². The summed E-state index contributed by atoms with van der Waals surface area (Å²) in [5.41, 5.74) is 0.683. The fourth-order valence-electron chi connectivity index (χ4n) is 3.99. The number of hydrogen-bond donors (Lipinski definition) is 0. The summed E-state index contributed by atoms with van der Waals surface area (Å²) in [5.74, 6) is 0.